The number of hydrogen-bond donors (Lipinski definition) is 1. The number of ether oxygens (including phenoxy) is 1. The molecule has 1 aromatic carbocycles. The largest absolute Gasteiger partial charge is 0.488 e. The fraction of sp³-hybridized carbons (Fsp3) is 0.154. The third-order valence-corrected chi connectivity index (χ3v) is 2.42. The summed E-state index contributed by atoms with van der Waals surface area (Å²) in [6, 6.07) is 8.26. The van der Waals surface area contributed by atoms with Crippen LogP contribution in [0.2, 0.25) is 0 Å². The molecule has 0 saturated heterocycles. The number of benzene rings is 1. The Balaban J connectivity index is 2.10. The van der Waals surface area contributed by atoms with E-state index in [0.717, 1.165) is 5.56 Å². The maximum atomic E-state index is 13.4. The van der Waals surface area contributed by atoms with Gasteiger partial charge in [-0.1, -0.05) is 18.2 Å². The van der Waals surface area contributed by atoms with E-state index in [-0.39, 0.29) is 12.4 Å². The summed E-state index contributed by atoms with van der Waals surface area (Å²) in [4.78, 5) is 3.95. The maximum Gasteiger partial charge on any atom is 0.129 e. The molecule has 0 bridgehead atoms. The molecule has 17 heavy (non-hydrogen) atoms. The standard InChI is InChI=1S/C13H13FN2O/c14-12-4-2-1-3-10(12)9-17-13-5-6-16-8-11(13)7-15/h1-6,8H,7,9,15H2. The summed E-state index contributed by atoms with van der Waals surface area (Å²) in [5.74, 6) is 0.376. The van der Waals surface area contributed by atoms with Crippen LogP contribution in [0.4, 0.5) is 4.39 Å². The van der Waals surface area contributed by atoms with Crippen LogP contribution in [0.25, 0.3) is 0 Å². The first-order valence-electron chi connectivity index (χ1n) is 5.30. The lowest BCUT2D eigenvalue weighted by atomic mass is 10.2. The predicted molar refractivity (Wildman–Crippen MR) is 62.9 cm³/mol. The Labute approximate surface area is 99.1 Å². The Morgan fingerprint density at radius 2 is 2.00 bits per heavy atom. The Morgan fingerprint density at radius 1 is 1.18 bits per heavy atom. The number of hydrogen-bond acceptors (Lipinski definition) is 3. The van der Waals surface area contributed by atoms with Crippen molar-refractivity contribution in [3.05, 3.63) is 59.7 Å². The monoisotopic (exact) mass is 232 g/mol. The first-order chi connectivity index (χ1) is 8.31. The van der Waals surface area contributed by atoms with Crippen LogP contribution in [0.15, 0.2) is 42.7 Å². The highest BCUT2D eigenvalue weighted by Gasteiger charge is 2.04. The molecular weight excluding hydrogens is 219 g/mol. The third kappa shape index (κ3) is 2.79. The Kier molecular flexibility index (Phi) is 3.67. The topological polar surface area (TPSA) is 48.1 Å². The molecule has 0 amide bonds. The molecule has 0 radical (unpaired) electrons. The van der Waals surface area contributed by atoms with Gasteiger partial charge in [-0.2, -0.15) is 0 Å². The summed E-state index contributed by atoms with van der Waals surface area (Å²) in [5, 5.41) is 0. The molecule has 4 heteroatoms. The van der Waals surface area contributed by atoms with Gasteiger partial charge in [0.2, 0.25) is 0 Å². The van der Waals surface area contributed by atoms with E-state index in [1.807, 2.05) is 0 Å². The van der Waals surface area contributed by atoms with Gasteiger partial charge in [-0.25, -0.2) is 4.39 Å². The number of pyridine rings is 1. The molecule has 88 valence electrons. The highest BCUT2D eigenvalue weighted by atomic mass is 19.1. The normalized spacial score (nSPS) is 10.2. The van der Waals surface area contributed by atoms with Gasteiger partial charge in [-0.05, 0) is 12.1 Å². The van der Waals surface area contributed by atoms with Crippen LogP contribution in [-0.2, 0) is 13.2 Å². The zero-order valence-electron chi connectivity index (χ0n) is 9.27. The van der Waals surface area contributed by atoms with Gasteiger partial charge >= 0.3 is 0 Å². The molecule has 2 aromatic rings. The lowest BCUT2D eigenvalue weighted by molar-refractivity contribution is 0.296. The van der Waals surface area contributed by atoms with Crippen molar-refractivity contribution in [2.45, 2.75) is 13.2 Å². The van der Waals surface area contributed by atoms with Gasteiger partial charge < -0.3 is 10.5 Å². The third-order valence-electron chi connectivity index (χ3n) is 2.42. The average Bonchev–Trinajstić information content (AvgIpc) is 2.38. The minimum absolute atomic E-state index is 0.184. The first kappa shape index (κ1) is 11.5. The second-order valence-corrected chi connectivity index (χ2v) is 3.57. The van der Waals surface area contributed by atoms with Crippen LogP contribution in [0.1, 0.15) is 11.1 Å². The van der Waals surface area contributed by atoms with Gasteiger partial charge in [-0.15, -0.1) is 0 Å². The van der Waals surface area contributed by atoms with E-state index in [2.05, 4.69) is 4.98 Å². The van der Waals surface area contributed by atoms with Gasteiger partial charge in [0, 0.05) is 30.1 Å². The minimum atomic E-state index is -0.268. The van der Waals surface area contributed by atoms with Crippen molar-refractivity contribution in [3.63, 3.8) is 0 Å². The highest BCUT2D eigenvalue weighted by molar-refractivity contribution is 5.30. The summed E-state index contributed by atoms with van der Waals surface area (Å²) in [6.45, 7) is 0.532. The number of nitrogens with two attached hydrogens (primary N) is 1. The molecule has 0 atom stereocenters. The number of aromatic nitrogens is 1. The van der Waals surface area contributed by atoms with Gasteiger partial charge in [0.05, 0.1) is 0 Å². The van der Waals surface area contributed by atoms with Crippen LogP contribution in [0.5, 0.6) is 5.75 Å². The molecule has 2 rings (SSSR count). The minimum Gasteiger partial charge on any atom is -0.488 e. The molecule has 0 aliphatic rings. The van der Waals surface area contributed by atoms with E-state index in [9.17, 15) is 4.39 Å². The lowest BCUT2D eigenvalue weighted by Crippen LogP contribution is -2.04. The van der Waals surface area contributed by atoms with Gasteiger partial charge in [-0.3, -0.25) is 4.98 Å². The van der Waals surface area contributed by atoms with Crippen molar-refractivity contribution in [2.24, 2.45) is 5.73 Å². The maximum absolute atomic E-state index is 13.4. The fourth-order valence-electron chi connectivity index (χ4n) is 1.48. The molecular formula is C13H13FN2O. The second-order valence-electron chi connectivity index (χ2n) is 3.57. The van der Waals surface area contributed by atoms with Crippen LogP contribution >= 0.6 is 0 Å². The van der Waals surface area contributed by atoms with E-state index in [0.29, 0.717) is 17.9 Å². The quantitative estimate of drug-likeness (QED) is 0.879. The first-order valence-corrected chi connectivity index (χ1v) is 5.30. The zero-order valence-corrected chi connectivity index (χ0v) is 9.27. The van der Waals surface area contributed by atoms with Crippen LogP contribution in [-0.4, -0.2) is 4.98 Å². The number of rotatable bonds is 4. The number of nitrogens with zero attached hydrogens (tertiary/aromatic N) is 1. The predicted octanol–water partition coefficient (Wildman–Crippen LogP) is 2.26. The molecule has 0 unspecified atom stereocenters. The van der Waals surface area contributed by atoms with Crippen molar-refractivity contribution in [1.82, 2.24) is 4.98 Å². The Hall–Kier alpha value is -1.94. The summed E-state index contributed by atoms with van der Waals surface area (Å²) in [7, 11) is 0. The van der Waals surface area contributed by atoms with E-state index < -0.39 is 0 Å². The van der Waals surface area contributed by atoms with Crippen LogP contribution in [0, 0.1) is 5.82 Å². The average molecular weight is 232 g/mol. The van der Waals surface area contributed by atoms with Crippen molar-refractivity contribution in [1.29, 1.82) is 0 Å². The second kappa shape index (κ2) is 5.41. The van der Waals surface area contributed by atoms with Crippen molar-refractivity contribution in [2.75, 3.05) is 0 Å². The molecule has 0 aliphatic carbocycles. The molecule has 3 nitrogen and oxygen atoms in total. The van der Waals surface area contributed by atoms with Crippen molar-refractivity contribution < 1.29 is 9.13 Å². The van der Waals surface area contributed by atoms with Gasteiger partial charge in [0.15, 0.2) is 0 Å². The van der Waals surface area contributed by atoms with Crippen molar-refractivity contribution in [3.8, 4) is 5.75 Å². The smallest absolute Gasteiger partial charge is 0.129 e. The van der Waals surface area contributed by atoms with E-state index in [4.69, 9.17) is 10.5 Å². The molecule has 1 heterocycles. The summed E-state index contributed by atoms with van der Waals surface area (Å²) < 4.78 is 18.9. The van der Waals surface area contributed by atoms with E-state index in [1.54, 1.807) is 36.7 Å². The highest BCUT2D eigenvalue weighted by Crippen LogP contribution is 2.18. The van der Waals surface area contributed by atoms with E-state index in [1.165, 1.54) is 6.07 Å². The molecule has 0 fully saturated rings. The zero-order chi connectivity index (χ0) is 12.1. The van der Waals surface area contributed by atoms with Crippen LogP contribution in [0.3, 0.4) is 0 Å². The summed E-state index contributed by atoms with van der Waals surface area (Å²) >= 11 is 0. The molecule has 1 aromatic heterocycles. The summed E-state index contributed by atoms with van der Waals surface area (Å²) in [5.41, 5.74) is 6.89. The van der Waals surface area contributed by atoms with Crippen molar-refractivity contribution >= 4 is 0 Å². The molecule has 0 saturated carbocycles. The lowest BCUT2D eigenvalue weighted by Gasteiger charge is -2.10. The van der Waals surface area contributed by atoms with Gasteiger partial charge in [0.1, 0.15) is 18.2 Å². The molecule has 0 aliphatic heterocycles. The Bertz CT molecular complexity index is 502. The SMILES string of the molecule is NCc1cnccc1OCc1ccccc1F. The summed E-state index contributed by atoms with van der Waals surface area (Å²) in [6.07, 6.45) is 3.27. The van der Waals surface area contributed by atoms with E-state index >= 15 is 0 Å². The van der Waals surface area contributed by atoms with Crippen LogP contribution < -0.4 is 10.5 Å². The number of halogens is 1. The van der Waals surface area contributed by atoms with Gasteiger partial charge in [0.25, 0.3) is 0 Å². The molecule has 0 spiro atoms. The fourth-order valence-corrected chi connectivity index (χ4v) is 1.48. The molecule has 2 N–H and O–H groups in total. The Morgan fingerprint density at radius 3 is 2.76 bits per heavy atom.